The Hall–Kier alpha value is -3.37. The summed E-state index contributed by atoms with van der Waals surface area (Å²) >= 11 is 0. The van der Waals surface area contributed by atoms with Gasteiger partial charge in [0.25, 0.3) is 18.2 Å². The minimum Gasteiger partial charge on any atom is -0.350 e. The number of benzene rings is 1. The second-order valence-corrected chi connectivity index (χ2v) is 7.02. The highest BCUT2D eigenvalue weighted by Crippen LogP contribution is 2.26. The lowest BCUT2D eigenvalue weighted by atomic mass is 10.0. The molecule has 158 valence electrons. The Morgan fingerprint density at radius 1 is 1.30 bits per heavy atom. The van der Waals surface area contributed by atoms with Crippen molar-refractivity contribution in [2.75, 3.05) is 6.54 Å². The average Bonchev–Trinajstić information content (AvgIpc) is 3.34. The number of halogens is 4. The van der Waals surface area contributed by atoms with E-state index in [9.17, 15) is 27.2 Å². The van der Waals surface area contributed by atoms with Crippen molar-refractivity contribution in [1.29, 1.82) is 0 Å². The zero-order valence-corrected chi connectivity index (χ0v) is 15.6. The molecule has 7 nitrogen and oxygen atoms in total. The standard InChI is InChI=1S/C19H16F4N4O3/c1-8(17(22)23)24-18(28)16-10-7-27(5-4-13(10)26-30-16)19(29)14-6-9-12(25-14)3-2-11(20)15(9)21/h2-3,6,8,17,25H,4-5,7H2,1H3,(H,24,28)/t8-/m1/s1. The molecule has 0 saturated carbocycles. The van der Waals surface area contributed by atoms with Gasteiger partial charge < -0.3 is 19.7 Å². The van der Waals surface area contributed by atoms with Gasteiger partial charge in [0.1, 0.15) is 5.69 Å². The molecule has 3 aromatic rings. The van der Waals surface area contributed by atoms with Crippen LogP contribution < -0.4 is 5.32 Å². The van der Waals surface area contributed by atoms with Crippen LogP contribution in [0.4, 0.5) is 17.6 Å². The van der Waals surface area contributed by atoms with E-state index in [2.05, 4.69) is 15.5 Å². The highest BCUT2D eigenvalue weighted by Gasteiger charge is 2.32. The quantitative estimate of drug-likeness (QED) is 0.630. The monoisotopic (exact) mass is 424 g/mol. The van der Waals surface area contributed by atoms with Gasteiger partial charge >= 0.3 is 0 Å². The third-order valence-electron chi connectivity index (χ3n) is 4.99. The summed E-state index contributed by atoms with van der Waals surface area (Å²) in [7, 11) is 0. The van der Waals surface area contributed by atoms with Gasteiger partial charge in [-0.15, -0.1) is 0 Å². The third-order valence-corrected chi connectivity index (χ3v) is 4.99. The Kier molecular flexibility index (Phi) is 4.96. The van der Waals surface area contributed by atoms with Crippen molar-refractivity contribution >= 4 is 22.7 Å². The van der Waals surface area contributed by atoms with Crippen LogP contribution >= 0.6 is 0 Å². The summed E-state index contributed by atoms with van der Waals surface area (Å²) in [6.45, 7) is 1.36. The molecular weight excluding hydrogens is 408 g/mol. The molecule has 4 rings (SSSR count). The first-order chi connectivity index (χ1) is 14.3. The summed E-state index contributed by atoms with van der Waals surface area (Å²) in [4.78, 5) is 29.3. The van der Waals surface area contributed by atoms with Crippen LogP contribution in [-0.2, 0) is 13.0 Å². The van der Waals surface area contributed by atoms with Gasteiger partial charge in [-0.05, 0) is 25.1 Å². The van der Waals surface area contributed by atoms with Crippen molar-refractivity contribution in [3.63, 3.8) is 0 Å². The molecule has 0 bridgehead atoms. The minimum absolute atomic E-state index is 0.0459. The normalized spacial score (nSPS) is 14.8. The topological polar surface area (TPSA) is 91.2 Å². The largest absolute Gasteiger partial charge is 0.350 e. The highest BCUT2D eigenvalue weighted by atomic mass is 19.3. The molecular formula is C19H16F4N4O3. The summed E-state index contributed by atoms with van der Waals surface area (Å²) in [5.74, 6) is -3.67. The van der Waals surface area contributed by atoms with Crippen molar-refractivity contribution in [2.45, 2.75) is 32.4 Å². The van der Waals surface area contributed by atoms with Gasteiger partial charge in [0.15, 0.2) is 11.6 Å². The molecule has 0 saturated heterocycles. The van der Waals surface area contributed by atoms with E-state index in [4.69, 9.17) is 4.52 Å². The van der Waals surface area contributed by atoms with Crippen LogP contribution in [0.1, 0.15) is 39.2 Å². The molecule has 1 aliphatic rings. The van der Waals surface area contributed by atoms with E-state index in [1.165, 1.54) is 17.0 Å². The van der Waals surface area contributed by atoms with Crippen molar-refractivity contribution in [1.82, 2.24) is 20.4 Å². The number of nitrogens with one attached hydrogen (secondary N) is 2. The van der Waals surface area contributed by atoms with Crippen LogP contribution in [0.5, 0.6) is 0 Å². The smallest absolute Gasteiger partial charge is 0.290 e. The fourth-order valence-corrected chi connectivity index (χ4v) is 3.33. The van der Waals surface area contributed by atoms with Crippen LogP contribution in [0.15, 0.2) is 22.7 Å². The van der Waals surface area contributed by atoms with E-state index in [0.717, 1.165) is 13.0 Å². The number of aromatic amines is 1. The van der Waals surface area contributed by atoms with Crippen molar-refractivity contribution in [3.8, 4) is 0 Å². The first kappa shape index (κ1) is 19.9. The molecule has 11 heteroatoms. The number of aromatic nitrogens is 2. The molecule has 2 N–H and O–H groups in total. The van der Waals surface area contributed by atoms with Crippen LogP contribution in [-0.4, -0.2) is 45.9 Å². The summed E-state index contributed by atoms with van der Waals surface area (Å²) in [5, 5.41) is 5.87. The minimum atomic E-state index is -2.75. The van der Waals surface area contributed by atoms with E-state index in [1.54, 1.807) is 0 Å². The van der Waals surface area contributed by atoms with Crippen LogP contribution in [0, 0.1) is 11.6 Å². The number of hydrogen-bond acceptors (Lipinski definition) is 4. The van der Waals surface area contributed by atoms with Gasteiger partial charge in [0.2, 0.25) is 5.76 Å². The van der Waals surface area contributed by atoms with Crippen LogP contribution in [0.2, 0.25) is 0 Å². The maximum absolute atomic E-state index is 13.9. The van der Waals surface area contributed by atoms with Gasteiger partial charge in [-0.25, -0.2) is 17.6 Å². The molecule has 1 aromatic carbocycles. The van der Waals surface area contributed by atoms with Crippen molar-refractivity contribution in [3.05, 3.63) is 52.5 Å². The molecule has 0 aliphatic carbocycles. The Bertz CT molecular complexity index is 1140. The average molecular weight is 424 g/mol. The molecule has 0 unspecified atom stereocenters. The van der Waals surface area contributed by atoms with Gasteiger partial charge in [-0.2, -0.15) is 0 Å². The zero-order valence-electron chi connectivity index (χ0n) is 15.6. The molecule has 1 aliphatic heterocycles. The number of fused-ring (bicyclic) bond motifs is 2. The van der Waals surface area contributed by atoms with E-state index in [-0.39, 0.29) is 41.9 Å². The van der Waals surface area contributed by atoms with E-state index >= 15 is 0 Å². The number of hydrogen-bond donors (Lipinski definition) is 2. The van der Waals surface area contributed by atoms with E-state index in [1.807, 2.05) is 0 Å². The number of rotatable bonds is 4. The number of alkyl halides is 2. The highest BCUT2D eigenvalue weighted by molar-refractivity contribution is 5.98. The predicted octanol–water partition coefficient (Wildman–Crippen LogP) is 3.02. The van der Waals surface area contributed by atoms with E-state index < -0.39 is 35.9 Å². The Morgan fingerprint density at radius 2 is 2.07 bits per heavy atom. The summed E-state index contributed by atoms with van der Waals surface area (Å²) in [6.07, 6.45) is -2.47. The number of H-pyrrole nitrogens is 1. The molecule has 2 aromatic heterocycles. The fraction of sp³-hybridized carbons (Fsp3) is 0.316. The predicted molar refractivity (Wildman–Crippen MR) is 96.1 cm³/mol. The third kappa shape index (κ3) is 3.40. The summed E-state index contributed by atoms with van der Waals surface area (Å²) < 4.78 is 57.8. The molecule has 30 heavy (non-hydrogen) atoms. The first-order valence-electron chi connectivity index (χ1n) is 9.08. The van der Waals surface area contributed by atoms with Gasteiger partial charge in [0.05, 0.1) is 18.3 Å². The van der Waals surface area contributed by atoms with Gasteiger partial charge in [-0.1, -0.05) is 5.16 Å². The number of carbonyl (C=O) groups excluding carboxylic acids is 2. The fourth-order valence-electron chi connectivity index (χ4n) is 3.33. The molecule has 3 heterocycles. The zero-order chi connectivity index (χ0) is 21.6. The second-order valence-electron chi connectivity index (χ2n) is 7.02. The lowest BCUT2D eigenvalue weighted by molar-refractivity contribution is 0.0716. The summed E-state index contributed by atoms with van der Waals surface area (Å²) in [5.41, 5.74) is 1.09. The molecule has 0 spiro atoms. The lowest BCUT2D eigenvalue weighted by Gasteiger charge is -2.26. The lowest BCUT2D eigenvalue weighted by Crippen LogP contribution is -2.39. The number of nitrogens with zero attached hydrogens (tertiary/aromatic N) is 2. The van der Waals surface area contributed by atoms with Crippen LogP contribution in [0.25, 0.3) is 10.9 Å². The molecule has 0 fully saturated rings. The van der Waals surface area contributed by atoms with Gasteiger partial charge in [0, 0.05) is 29.4 Å². The number of amides is 2. The Labute approximate surface area is 167 Å². The molecule has 2 amide bonds. The Morgan fingerprint density at radius 3 is 2.80 bits per heavy atom. The molecule has 1 atom stereocenters. The van der Waals surface area contributed by atoms with Crippen molar-refractivity contribution in [2.24, 2.45) is 0 Å². The van der Waals surface area contributed by atoms with Crippen molar-refractivity contribution < 1.29 is 31.7 Å². The molecule has 0 radical (unpaired) electrons. The maximum Gasteiger partial charge on any atom is 0.290 e. The SMILES string of the molecule is C[C@@H](NC(=O)c1onc2c1CN(C(=O)c1cc3c(F)c(F)ccc3[nH]1)CC2)C(F)F. The Balaban J connectivity index is 1.57. The first-order valence-corrected chi connectivity index (χ1v) is 9.08. The van der Waals surface area contributed by atoms with Crippen LogP contribution in [0.3, 0.4) is 0 Å². The maximum atomic E-state index is 13.9. The summed E-state index contributed by atoms with van der Waals surface area (Å²) in [6, 6.07) is 2.11. The van der Waals surface area contributed by atoms with E-state index in [0.29, 0.717) is 11.3 Å². The van der Waals surface area contributed by atoms with Gasteiger partial charge in [-0.3, -0.25) is 9.59 Å². The number of carbonyl (C=O) groups is 2. The second kappa shape index (κ2) is 7.47.